The molecule has 160 valence electrons. The Morgan fingerprint density at radius 2 is 2.03 bits per heavy atom. The molecule has 2 aromatic heterocycles. The first-order valence-electron chi connectivity index (χ1n) is 9.57. The maximum Gasteiger partial charge on any atom is 0.278 e. The van der Waals surface area contributed by atoms with Gasteiger partial charge in [-0.1, -0.05) is 25.6 Å². The van der Waals surface area contributed by atoms with E-state index in [9.17, 15) is 9.59 Å². The SMILES string of the molecule is COc1ccc(NC(=O)CSc2nc3cc(C)[nH]c3c(=O)n2CC(C)C)c(OC)c1. The number of ether oxygens (including phenoxy) is 2. The van der Waals surface area contributed by atoms with Crippen molar-refractivity contribution in [1.82, 2.24) is 14.5 Å². The Morgan fingerprint density at radius 1 is 1.27 bits per heavy atom. The largest absolute Gasteiger partial charge is 0.497 e. The summed E-state index contributed by atoms with van der Waals surface area (Å²) in [5, 5.41) is 3.36. The fraction of sp³-hybridized carbons (Fsp3) is 0.381. The van der Waals surface area contributed by atoms with E-state index in [1.54, 1.807) is 29.9 Å². The summed E-state index contributed by atoms with van der Waals surface area (Å²) in [6.07, 6.45) is 0. The highest BCUT2D eigenvalue weighted by Gasteiger charge is 2.16. The van der Waals surface area contributed by atoms with Crippen LogP contribution in [0.15, 0.2) is 34.2 Å². The van der Waals surface area contributed by atoms with Crippen LogP contribution in [0.25, 0.3) is 11.0 Å². The number of aryl methyl sites for hydroxylation is 1. The van der Waals surface area contributed by atoms with Gasteiger partial charge in [-0.2, -0.15) is 0 Å². The molecule has 0 aliphatic carbocycles. The van der Waals surface area contributed by atoms with Crippen LogP contribution in [0.1, 0.15) is 19.5 Å². The van der Waals surface area contributed by atoms with E-state index in [0.717, 1.165) is 5.69 Å². The van der Waals surface area contributed by atoms with E-state index in [-0.39, 0.29) is 23.1 Å². The standard InChI is InChI=1S/C21H26N4O4S/c1-12(2)10-25-20(27)19-16(8-13(3)22-19)24-21(25)30-11-18(26)23-15-7-6-14(28-4)9-17(15)29-5/h6-9,12,22H,10-11H2,1-5H3,(H,23,26). The second-order valence-electron chi connectivity index (χ2n) is 7.32. The normalized spacial score (nSPS) is 11.1. The number of aromatic amines is 1. The summed E-state index contributed by atoms with van der Waals surface area (Å²) in [6.45, 7) is 6.48. The van der Waals surface area contributed by atoms with Crippen LogP contribution >= 0.6 is 11.8 Å². The Balaban J connectivity index is 1.81. The number of amides is 1. The van der Waals surface area contributed by atoms with E-state index in [2.05, 4.69) is 15.3 Å². The topological polar surface area (TPSA) is 98.2 Å². The molecule has 3 rings (SSSR count). The first-order chi connectivity index (χ1) is 14.3. The van der Waals surface area contributed by atoms with E-state index < -0.39 is 0 Å². The second-order valence-corrected chi connectivity index (χ2v) is 8.26. The molecule has 30 heavy (non-hydrogen) atoms. The zero-order chi connectivity index (χ0) is 21.8. The van der Waals surface area contributed by atoms with E-state index in [1.165, 1.54) is 18.9 Å². The quantitative estimate of drug-likeness (QED) is 0.420. The summed E-state index contributed by atoms with van der Waals surface area (Å²) < 4.78 is 12.1. The van der Waals surface area contributed by atoms with Gasteiger partial charge in [0.1, 0.15) is 17.0 Å². The van der Waals surface area contributed by atoms with Gasteiger partial charge in [-0.05, 0) is 31.0 Å². The number of hydrogen-bond acceptors (Lipinski definition) is 6. The maximum atomic E-state index is 12.9. The molecule has 0 saturated carbocycles. The number of carbonyl (C=O) groups excluding carboxylic acids is 1. The molecule has 0 unspecified atom stereocenters. The van der Waals surface area contributed by atoms with Crippen molar-refractivity contribution in [1.29, 1.82) is 0 Å². The Morgan fingerprint density at radius 3 is 2.70 bits per heavy atom. The van der Waals surface area contributed by atoms with Crippen molar-refractivity contribution in [3.05, 3.63) is 40.3 Å². The minimum Gasteiger partial charge on any atom is -0.497 e. The molecule has 9 heteroatoms. The van der Waals surface area contributed by atoms with Crippen molar-refractivity contribution in [2.45, 2.75) is 32.5 Å². The van der Waals surface area contributed by atoms with Crippen LogP contribution in [-0.4, -0.2) is 40.4 Å². The van der Waals surface area contributed by atoms with Crippen LogP contribution in [0.5, 0.6) is 11.5 Å². The summed E-state index contributed by atoms with van der Waals surface area (Å²) in [6, 6.07) is 7.01. The third-order valence-corrected chi connectivity index (χ3v) is 5.38. The number of hydrogen-bond donors (Lipinski definition) is 2. The van der Waals surface area contributed by atoms with Crippen molar-refractivity contribution in [3.8, 4) is 11.5 Å². The van der Waals surface area contributed by atoms with Gasteiger partial charge in [0.05, 0.1) is 31.2 Å². The third kappa shape index (κ3) is 4.79. The van der Waals surface area contributed by atoms with Crippen LogP contribution < -0.4 is 20.3 Å². The lowest BCUT2D eigenvalue weighted by Gasteiger charge is -2.14. The number of anilines is 1. The fourth-order valence-electron chi connectivity index (χ4n) is 3.07. The number of nitrogens with one attached hydrogen (secondary N) is 2. The molecule has 0 atom stereocenters. The Labute approximate surface area is 179 Å². The van der Waals surface area contributed by atoms with Gasteiger partial charge in [0.25, 0.3) is 5.56 Å². The number of fused-ring (bicyclic) bond motifs is 1. The van der Waals surface area contributed by atoms with Gasteiger partial charge in [-0.3, -0.25) is 14.2 Å². The smallest absolute Gasteiger partial charge is 0.278 e. The molecule has 0 spiro atoms. The van der Waals surface area contributed by atoms with E-state index in [0.29, 0.717) is 39.9 Å². The van der Waals surface area contributed by atoms with Crippen LogP contribution in [0.4, 0.5) is 5.69 Å². The maximum absolute atomic E-state index is 12.9. The van der Waals surface area contributed by atoms with E-state index in [1.807, 2.05) is 26.8 Å². The number of methoxy groups -OCH3 is 2. The molecule has 0 radical (unpaired) electrons. The molecule has 0 aliphatic heterocycles. The monoisotopic (exact) mass is 430 g/mol. The predicted octanol–water partition coefficient (Wildman–Crippen LogP) is 3.44. The molecule has 0 bridgehead atoms. The lowest BCUT2D eigenvalue weighted by atomic mass is 10.2. The van der Waals surface area contributed by atoms with Crippen molar-refractivity contribution in [3.63, 3.8) is 0 Å². The first kappa shape index (κ1) is 21.8. The van der Waals surface area contributed by atoms with Crippen LogP contribution in [0.3, 0.4) is 0 Å². The highest BCUT2D eigenvalue weighted by Crippen LogP contribution is 2.29. The van der Waals surface area contributed by atoms with Gasteiger partial charge in [-0.25, -0.2) is 4.98 Å². The number of H-pyrrole nitrogens is 1. The van der Waals surface area contributed by atoms with Gasteiger partial charge < -0.3 is 19.8 Å². The Kier molecular flexibility index (Phi) is 6.71. The summed E-state index contributed by atoms with van der Waals surface area (Å²) in [5.41, 5.74) is 2.40. The third-order valence-electron chi connectivity index (χ3n) is 4.40. The van der Waals surface area contributed by atoms with Gasteiger partial charge >= 0.3 is 0 Å². The highest BCUT2D eigenvalue weighted by molar-refractivity contribution is 7.99. The summed E-state index contributed by atoms with van der Waals surface area (Å²) in [4.78, 5) is 33.2. The highest BCUT2D eigenvalue weighted by atomic mass is 32.2. The van der Waals surface area contributed by atoms with Gasteiger partial charge in [0, 0.05) is 18.3 Å². The number of nitrogens with zero attached hydrogens (tertiary/aromatic N) is 2. The summed E-state index contributed by atoms with van der Waals surface area (Å²) in [7, 11) is 3.10. The Hall–Kier alpha value is -2.94. The van der Waals surface area contributed by atoms with Crippen LogP contribution in [0, 0.1) is 12.8 Å². The lowest BCUT2D eigenvalue weighted by Crippen LogP contribution is -2.26. The molecule has 0 saturated heterocycles. The number of carbonyl (C=O) groups is 1. The first-order valence-corrected chi connectivity index (χ1v) is 10.6. The number of aromatic nitrogens is 3. The molecule has 1 aromatic carbocycles. The summed E-state index contributed by atoms with van der Waals surface area (Å²) in [5.74, 6) is 1.28. The molecular weight excluding hydrogens is 404 g/mol. The average Bonchev–Trinajstić information content (AvgIpc) is 3.09. The molecular formula is C21H26N4O4S. The van der Waals surface area contributed by atoms with Gasteiger partial charge in [-0.15, -0.1) is 0 Å². The van der Waals surface area contributed by atoms with Crippen molar-refractivity contribution < 1.29 is 14.3 Å². The number of thioether (sulfide) groups is 1. The van der Waals surface area contributed by atoms with Gasteiger partial charge in [0.15, 0.2) is 5.16 Å². The van der Waals surface area contributed by atoms with E-state index >= 15 is 0 Å². The van der Waals surface area contributed by atoms with Crippen molar-refractivity contribution in [2.75, 3.05) is 25.3 Å². The number of rotatable bonds is 8. The zero-order valence-electron chi connectivity index (χ0n) is 17.7. The second kappa shape index (κ2) is 9.25. The van der Waals surface area contributed by atoms with E-state index in [4.69, 9.17) is 9.47 Å². The number of benzene rings is 1. The molecule has 1 amide bonds. The molecule has 0 aliphatic rings. The summed E-state index contributed by atoms with van der Waals surface area (Å²) >= 11 is 1.24. The van der Waals surface area contributed by atoms with Crippen molar-refractivity contribution in [2.24, 2.45) is 5.92 Å². The zero-order valence-corrected chi connectivity index (χ0v) is 18.6. The van der Waals surface area contributed by atoms with Crippen LogP contribution in [-0.2, 0) is 11.3 Å². The average molecular weight is 431 g/mol. The fourth-order valence-corrected chi connectivity index (χ4v) is 3.87. The minimum atomic E-state index is -0.223. The molecule has 3 aromatic rings. The molecule has 8 nitrogen and oxygen atoms in total. The molecule has 2 N–H and O–H groups in total. The molecule has 0 fully saturated rings. The molecule has 2 heterocycles. The predicted molar refractivity (Wildman–Crippen MR) is 119 cm³/mol. The minimum absolute atomic E-state index is 0.106. The lowest BCUT2D eigenvalue weighted by molar-refractivity contribution is -0.113. The van der Waals surface area contributed by atoms with Gasteiger partial charge in [0.2, 0.25) is 5.91 Å². The Bertz CT molecular complexity index is 1120. The van der Waals surface area contributed by atoms with Crippen LogP contribution in [0.2, 0.25) is 0 Å². The van der Waals surface area contributed by atoms with Crippen molar-refractivity contribution >= 4 is 34.4 Å².